The van der Waals surface area contributed by atoms with E-state index in [0.717, 1.165) is 29.6 Å². The van der Waals surface area contributed by atoms with Gasteiger partial charge >= 0.3 is 0 Å². The second-order valence-corrected chi connectivity index (χ2v) is 7.75. The molecule has 1 aliphatic rings. The zero-order valence-corrected chi connectivity index (χ0v) is 17.0. The normalized spacial score (nSPS) is 13.6. The Morgan fingerprint density at radius 1 is 1.30 bits per heavy atom. The Bertz CT molecular complexity index is 1100. The van der Waals surface area contributed by atoms with E-state index in [2.05, 4.69) is 15.7 Å². The molecule has 9 nitrogen and oxygen atoms in total. The van der Waals surface area contributed by atoms with Crippen molar-refractivity contribution in [2.45, 2.75) is 38.6 Å². The van der Waals surface area contributed by atoms with Crippen molar-refractivity contribution < 1.29 is 9.72 Å². The van der Waals surface area contributed by atoms with Gasteiger partial charge in [0.15, 0.2) is 5.65 Å². The second kappa shape index (κ2) is 8.10. The first-order valence-electron chi connectivity index (χ1n) is 10.1. The molecule has 9 heteroatoms. The molecule has 2 heterocycles. The van der Waals surface area contributed by atoms with Crippen molar-refractivity contribution in [1.82, 2.24) is 20.1 Å². The molecule has 156 valence electrons. The van der Waals surface area contributed by atoms with Gasteiger partial charge < -0.3 is 10.6 Å². The summed E-state index contributed by atoms with van der Waals surface area (Å²) < 4.78 is 1.84. The van der Waals surface area contributed by atoms with Gasteiger partial charge in [0.2, 0.25) is 0 Å². The van der Waals surface area contributed by atoms with Crippen LogP contribution in [0.2, 0.25) is 0 Å². The summed E-state index contributed by atoms with van der Waals surface area (Å²) in [5.74, 6) is 0.216. The first kappa shape index (κ1) is 19.8. The third-order valence-electron chi connectivity index (χ3n) is 5.14. The van der Waals surface area contributed by atoms with E-state index in [4.69, 9.17) is 4.98 Å². The van der Waals surface area contributed by atoms with Crippen molar-refractivity contribution in [2.75, 3.05) is 18.4 Å². The number of pyridine rings is 1. The number of aromatic nitrogens is 3. The predicted molar refractivity (Wildman–Crippen MR) is 114 cm³/mol. The van der Waals surface area contributed by atoms with E-state index in [9.17, 15) is 14.9 Å². The lowest BCUT2D eigenvalue weighted by Crippen LogP contribution is -2.29. The van der Waals surface area contributed by atoms with Crippen LogP contribution >= 0.6 is 0 Å². The van der Waals surface area contributed by atoms with Gasteiger partial charge in [-0.1, -0.05) is 12.1 Å². The van der Waals surface area contributed by atoms with Gasteiger partial charge in [-0.05, 0) is 38.8 Å². The molecule has 1 amide bonds. The van der Waals surface area contributed by atoms with Gasteiger partial charge in [0.25, 0.3) is 11.6 Å². The Hall–Kier alpha value is -3.49. The molecule has 0 aliphatic heterocycles. The standard InChI is InChI=1S/C21H24N6O3/c1-13(2)26-20-16(12-24-26)15(11-18(25-20)14-7-8-14)21(28)23-10-9-22-17-5-3-4-6-19(17)27(29)30/h3-6,11-14,22H,7-10H2,1-2H3,(H,23,28). The third kappa shape index (κ3) is 3.96. The van der Waals surface area contributed by atoms with Crippen molar-refractivity contribution >= 4 is 28.3 Å². The highest BCUT2D eigenvalue weighted by Gasteiger charge is 2.28. The minimum Gasteiger partial charge on any atom is -0.378 e. The largest absolute Gasteiger partial charge is 0.378 e. The Balaban J connectivity index is 1.48. The minimum absolute atomic E-state index is 0.00911. The molecule has 0 unspecified atom stereocenters. The Morgan fingerprint density at radius 3 is 2.77 bits per heavy atom. The van der Waals surface area contributed by atoms with E-state index in [-0.39, 0.29) is 17.6 Å². The average Bonchev–Trinajstić information content (AvgIpc) is 3.49. The molecule has 0 atom stereocenters. The lowest BCUT2D eigenvalue weighted by molar-refractivity contribution is -0.384. The number of carbonyl (C=O) groups is 1. The van der Waals surface area contributed by atoms with E-state index in [0.29, 0.717) is 30.3 Å². The number of amides is 1. The van der Waals surface area contributed by atoms with Crippen LogP contribution in [0.1, 0.15) is 54.7 Å². The molecule has 1 aliphatic carbocycles. The third-order valence-corrected chi connectivity index (χ3v) is 5.14. The number of para-hydroxylation sites is 2. The van der Waals surface area contributed by atoms with Crippen LogP contribution in [-0.4, -0.2) is 38.7 Å². The molecule has 2 aromatic heterocycles. The summed E-state index contributed by atoms with van der Waals surface area (Å²) in [5.41, 5.74) is 2.68. The number of hydrogen-bond donors (Lipinski definition) is 2. The second-order valence-electron chi connectivity index (χ2n) is 7.75. The number of hydrogen-bond acceptors (Lipinski definition) is 6. The maximum absolute atomic E-state index is 12.9. The summed E-state index contributed by atoms with van der Waals surface area (Å²) in [6.07, 6.45) is 3.88. The maximum Gasteiger partial charge on any atom is 0.292 e. The van der Waals surface area contributed by atoms with Gasteiger partial charge in [-0.15, -0.1) is 0 Å². The number of benzene rings is 1. The molecule has 2 N–H and O–H groups in total. The zero-order chi connectivity index (χ0) is 21.3. The van der Waals surface area contributed by atoms with E-state index in [1.807, 2.05) is 24.6 Å². The molecule has 30 heavy (non-hydrogen) atoms. The fourth-order valence-electron chi connectivity index (χ4n) is 3.44. The number of nitro groups is 1. The SMILES string of the molecule is CC(C)n1ncc2c(C(=O)NCCNc3ccccc3[N+](=O)[O-])cc(C3CC3)nc21. The molecule has 0 bridgehead atoms. The van der Waals surface area contributed by atoms with Crippen LogP contribution in [0.3, 0.4) is 0 Å². The average molecular weight is 408 g/mol. The van der Waals surface area contributed by atoms with Crippen LogP contribution in [0.5, 0.6) is 0 Å². The lowest BCUT2D eigenvalue weighted by Gasteiger charge is -2.11. The minimum atomic E-state index is -0.430. The maximum atomic E-state index is 12.9. The fraction of sp³-hybridized carbons (Fsp3) is 0.381. The van der Waals surface area contributed by atoms with Crippen molar-refractivity contribution in [3.8, 4) is 0 Å². The number of nitro benzene ring substituents is 1. The van der Waals surface area contributed by atoms with Crippen LogP contribution in [0.15, 0.2) is 36.5 Å². The number of nitrogens with zero attached hydrogens (tertiary/aromatic N) is 4. The number of fused-ring (bicyclic) bond motifs is 1. The molecule has 1 aromatic carbocycles. The van der Waals surface area contributed by atoms with Gasteiger partial charge in [0, 0.05) is 36.8 Å². The molecule has 1 fully saturated rings. The number of rotatable bonds is 8. The fourth-order valence-corrected chi connectivity index (χ4v) is 3.44. The molecular formula is C21H24N6O3. The molecule has 0 spiro atoms. The van der Waals surface area contributed by atoms with Crippen LogP contribution in [0.25, 0.3) is 11.0 Å². The summed E-state index contributed by atoms with van der Waals surface area (Å²) >= 11 is 0. The summed E-state index contributed by atoms with van der Waals surface area (Å²) in [6.45, 7) is 4.76. The topological polar surface area (TPSA) is 115 Å². The lowest BCUT2D eigenvalue weighted by atomic mass is 10.1. The molecule has 4 rings (SSSR count). The Morgan fingerprint density at radius 2 is 2.07 bits per heavy atom. The van der Waals surface area contributed by atoms with E-state index >= 15 is 0 Å². The van der Waals surface area contributed by atoms with Gasteiger partial charge in [-0.3, -0.25) is 14.9 Å². The molecule has 0 saturated heterocycles. The highest BCUT2D eigenvalue weighted by Crippen LogP contribution is 2.40. The smallest absolute Gasteiger partial charge is 0.292 e. The molecular weight excluding hydrogens is 384 g/mol. The molecule has 3 aromatic rings. The highest BCUT2D eigenvalue weighted by atomic mass is 16.6. The first-order valence-corrected chi connectivity index (χ1v) is 10.1. The van der Waals surface area contributed by atoms with Crippen molar-refractivity contribution in [1.29, 1.82) is 0 Å². The number of nitrogens with one attached hydrogen (secondary N) is 2. The van der Waals surface area contributed by atoms with Crippen molar-refractivity contribution in [3.05, 3.63) is 57.9 Å². The summed E-state index contributed by atoms with van der Waals surface area (Å²) in [5, 5.41) is 22.2. The summed E-state index contributed by atoms with van der Waals surface area (Å²) in [6, 6.07) is 8.46. The Labute approximate surface area is 173 Å². The first-order chi connectivity index (χ1) is 14.5. The Kier molecular flexibility index (Phi) is 5.35. The van der Waals surface area contributed by atoms with Crippen LogP contribution in [0, 0.1) is 10.1 Å². The van der Waals surface area contributed by atoms with Crippen molar-refractivity contribution in [3.63, 3.8) is 0 Å². The summed E-state index contributed by atoms with van der Waals surface area (Å²) in [4.78, 5) is 28.3. The highest BCUT2D eigenvalue weighted by molar-refractivity contribution is 6.05. The van der Waals surface area contributed by atoms with Crippen LogP contribution < -0.4 is 10.6 Å². The van der Waals surface area contributed by atoms with E-state index in [1.54, 1.807) is 24.4 Å². The van der Waals surface area contributed by atoms with Crippen LogP contribution in [-0.2, 0) is 0 Å². The van der Waals surface area contributed by atoms with E-state index in [1.165, 1.54) is 6.07 Å². The van der Waals surface area contributed by atoms with Gasteiger partial charge in [0.05, 0.1) is 22.1 Å². The quantitative estimate of drug-likeness (QED) is 0.334. The summed E-state index contributed by atoms with van der Waals surface area (Å²) in [7, 11) is 0. The zero-order valence-electron chi connectivity index (χ0n) is 17.0. The van der Waals surface area contributed by atoms with E-state index < -0.39 is 4.92 Å². The number of carbonyl (C=O) groups excluding carboxylic acids is 1. The van der Waals surface area contributed by atoms with Gasteiger partial charge in [-0.25, -0.2) is 9.67 Å². The number of anilines is 1. The monoisotopic (exact) mass is 408 g/mol. The molecule has 1 saturated carbocycles. The van der Waals surface area contributed by atoms with Crippen LogP contribution in [0.4, 0.5) is 11.4 Å². The van der Waals surface area contributed by atoms with Gasteiger partial charge in [0.1, 0.15) is 5.69 Å². The van der Waals surface area contributed by atoms with Crippen molar-refractivity contribution in [2.24, 2.45) is 0 Å². The molecule has 0 radical (unpaired) electrons. The predicted octanol–water partition coefficient (Wildman–Crippen LogP) is 3.64. The van der Waals surface area contributed by atoms with Gasteiger partial charge in [-0.2, -0.15) is 5.10 Å².